The van der Waals surface area contributed by atoms with E-state index >= 15 is 0 Å². The Kier molecular flexibility index (Phi) is 3.11. The maximum Gasteiger partial charge on any atom is 0.161 e. The van der Waals surface area contributed by atoms with Crippen LogP contribution in [0.25, 0.3) is 0 Å². The van der Waals surface area contributed by atoms with Crippen LogP contribution in [0.4, 0.5) is 0 Å². The molecule has 0 bridgehead atoms. The Morgan fingerprint density at radius 2 is 1.94 bits per heavy atom. The van der Waals surface area contributed by atoms with Gasteiger partial charge in [-0.3, -0.25) is 4.79 Å². The molecule has 0 fully saturated rings. The van der Waals surface area contributed by atoms with E-state index in [1.807, 2.05) is 47.3 Å². The molecule has 2 rings (SSSR count). The van der Waals surface area contributed by atoms with Crippen LogP contribution in [0.1, 0.15) is 22.8 Å². The highest BCUT2D eigenvalue weighted by Gasteiger charge is 2.01. The lowest BCUT2D eigenvalue weighted by Crippen LogP contribution is -1.96. The van der Waals surface area contributed by atoms with Gasteiger partial charge in [0.15, 0.2) is 5.78 Å². The van der Waals surface area contributed by atoms with Gasteiger partial charge < -0.3 is 4.57 Å². The van der Waals surface area contributed by atoms with Crippen LogP contribution in [0, 0.1) is 0 Å². The van der Waals surface area contributed by atoms with E-state index in [2.05, 4.69) is 0 Å². The van der Waals surface area contributed by atoms with Gasteiger partial charge in [0, 0.05) is 29.5 Å². The minimum atomic E-state index is 0.0925. The molecule has 0 aliphatic carbocycles. The molecular weight excluding hydrogens is 222 g/mol. The van der Waals surface area contributed by atoms with Gasteiger partial charge in [0.25, 0.3) is 0 Å². The van der Waals surface area contributed by atoms with Gasteiger partial charge in [-0.15, -0.1) is 0 Å². The van der Waals surface area contributed by atoms with Crippen LogP contribution in [0.3, 0.4) is 0 Å². The van der Waals surface area contributed by atoms with E-state index in [1.165, 1.54) is 0 Å². The first-order valence-electron chi connectivity index (χ1n) is 5.06. The summed E-state index contributed by atoms with van der Waals surface area (Å²) in [7, 11) is 0. The molecule has 0 aliphatic heterocycles. The van der Waals surface area contributed by atoms with Crippen molar-refractivity contribution in [1.82, 2.24) is 4.57 Å². The number of rotatable bonds is 3. The number of hydrogen-bond acceptors (Lipinski definition) is 1. The lowest BCUT2D eigenvalue weighted by Gasteiger charge is -2.02. The number of benzene rings is 1. The monoisotopic (exact) mass is 233 g/mol. The fraction of sp³-hybridized carbons (Fsp3) is 0.154. The van der Waals surface area contributed by atoms with E-state index in [0.29, 0.717) is 0 Å². The van der Waals surface area contributed by atoms with Crippen molar-refractivity contribution in [3.8, 4) is 0 Å². The van der Waals surface area contributed by atoms with Crippen molar-refractivity contribution in [2.45, 2.75) is 13.5 Å². The smallest absolute Gasteiger partial charge is 0.161 e. The van der Waals surface area contributed by atoms with E-state index in [9.17, 15) is 4.79 Å². The highest BCUT2D eigenvalue weighted by Crippen LogP contribution is 2.11. The Hall–Kier alpha value is -1.54. The van der Waals surface area contributed by atoms with E-state index in [1.54, 1.807) is 6.92 Å². The van der Waals surface area contributed by atoms with Crippen LogP contribution in [0.15, 0.2) is 42.7 Å². The van der Waals surface area contributed by atoms with Crippen molar-refractivity contribution < 1.29 is 4.79 Å². The largest absolute Gasteiger partial charge is 0.349 e. The molecule has 0 saturated heterocycles. The Bertz CT molecular complexity index is 499. The second-order valence-corrected chi connectivity index (χ2v) is 4.19. The maximum atomic E-state index is 11.1. The standard InChI is InChI=1S/C13H12ClNO/c1-10(16)12-6-7-15(9-12)8-11-2-4-13(14)5-3-11/h2-7,9H,8H2,1H3. The summed E-state index contributed by atoms with van der Waals surface area (Å²) in [6.07, 6.45) is 3.77. The summed E-state index contributed by atoms with van der Waals surface area (Å²) >= 11 is 5.81. The molecule has 0 saturated carbocycles. The average Bonchev–Trinajstić information content (AvgIpc) is 2.70. The number of carbonyl (C=O) groups is 1. The lowest BCUT2D eigenvalue weighted by atomic mass is 10.2. The summed E-state index contributed by atoms with van der Waals surface area (Å²) in [4.78, 5) is 11.1. The summed E-state index contributed by atoms with van der Waals surface area (Å²) in [6.45, 7) is 2.33. The molecule has 0 spiro atoms. The van der Waals surface area contributed by atoms with E-state index < -0.39 is 0 Å². The Morgan fingerprint density at radius 3 is 2.50 bits per heavy atom. The Balaban J connectivity index is 2.14. The van der Waals surface area contributed by atoms with Gasteiger partial charge in [-0.1, -0.05) is 23.7 Å². The fourth-order valence-corrected chi connectivity index (χ4v) is 1.67. The number of Topliss-reactive ketones (excluding diaryl/α,β-unsaturated/α-hetero) is 1. The van der Waals surface area contributed by atoms with Gasteiger partial charge in [-0.25, -0.2) is 0 Å². The van der Waals surface area contributed by atoms with Gasteiger partial charge in [-0.05, 0) is 30.7 Å². The third-order valence-electron chi connectivity index (χ3n) is 2.44. The van der Waals surface area contributed by atoms with E-state index in [-0.39, 0.29) is 5.78 Å². The molecule has 3 heteroatoms. The summed E-state index contributed by atoms with van der Waals surface area (Å²) in [5, 5.41) is 0.737. The van der Waals surface area contributed by atoms with Crippen molar-refractivity contribution in [3.63, 3.8) is 0 Å². The summed E-state index contributed by atoms with van der Waals surface area (Å²) in [6, 6.07) is 9.53. The molecule has 2 aromatic rings. The second kappa shape index (κ2) is 4.54. The second-order valence-electron chi connectivity index (χ2n) is 3.76. The number of halogens is 1. The van der Waals surface area contributed by atoms with Crippen LogP contribution < -0.4 is 0 Å². The first kappa shape index (κ1) is 11.0. The molecule has 1 aromatic heterocycles. The minimum absolute atomic E-state index is 0.0925. The van der Waals surface area contributed by atoms with Crippen molar-refractivity contribution in [3.05, 3.63) is 58.9 Å². The third-order valence-corrected chi connectivity index (χ3v) is 2.69. The molecule has 0 atom stereocenters. The maximum absolute atomic E-state index is 11.1. The van der Waals surface area contributed by atoms with Crippen LogP contribution in [0.2, 0.25) is 5.02 Å². The molecule has 82 valence electrons. The van der Waals surface area contributed by atoms with Crippen molar-refractivity contribution >= 4 is 17.4 Å². The number of nitrogens with zero attached hydrogens (tertiary/aromatic N) is 1. The average molecular weight is 234 g/mol. The molecule has 0 N–H and O–H groups in total. The molecule has 0 unspecified atom stereocenters. The summed E-state index contributed by atoms with van der Waals surface area (Å²) < 4.78 is 1.99. The van der Waals surface area contributed by atoms with Crippen LogP contribution >= 0.6 is 11.6 Å². The first-order valence-corrected chi connectivity index (χ1v) is 5.44. The molecule has 16 heavy (non-hydrogen) atoms. The van der Waals surface area contributed by atoms with Crippen molar-refractivity contribution in [2.24, 2.45) is 0 Å². The van der Waals surface area contributed by atoms with E-state index in [0.717, 1.165) is 22.7 Å². The predicted octanol–water partition coefficient (Wildman–Crippen LogP) is 3.39. The van der Waals surface area contributed by atoms with Crippen molar-refractivity contribution in [2.75, 3.05) is 0 Å². The summed E-state index contributed by atoms with van der Waals surface area (Å²) in [5.74, 6) is 0.0925. The van der Waals surface area contributed by atoms with Crippen LogP contribution in [-0.2, 0) is 6.54 Å². The zero-order valence-electron chi connectivity index (χ0n) is 8.98. The zero-order valence-corrected chi connectivity index (χ0v) is 9.74. The third kappa shape index (κ3) is 2.52. The minimum Gasteiger partial charge on any atom is -0.349 e. The van der Waals surface area contributed by atoms with Gasteiger partial charge in [0.2, 0.25) is 0 Å². The lowest BCUT2D eigenvalue weighted by molar-refractivity contribution is 0.101. The number of aromatic nitrogens is 1. The van der Waals surface area contributed by atoms with Gasteiger partial charge in [0.1, 0.15) is 0 Å². The Labute approximate surface area is 99.5 Å². The molecule has 1 aromatic carbocycles. The number of carbonyl (C=O) groups excluding carboxylic acids is 1. The Morgan fingerprint density at radius 1 is 1.25 bits per heavy atom. The molecule has 1 heterocycles. The van der Waals surface area contributed by atoms with Gasteiger partial charge in [0.05, 0.1) is 0 Å². The van der Waals surface area contributed by atoms with Crippen LogP contribution in [-0.4, -0.2) is 10.4 Å². The molecular formula is C13H12ClNO. The molecule has 0 amide bonds. The molecule has 2 nitrogen and oxygen atoms in total. The SMILES string of the molecule is CC(=O)c1ccn(Cc2ccc(Cl)cc2)c1. The predicted molar refractivity (Wildman–Crippen MR) is 65.0 cm³/mol. The molecule has 0 aliphatic rings. The van der Waals surface area contributed by atoms with Crippen molar-refractivity contribution in [1.29, 1.82) is 0 Å². The highest BCUT2D eigenvalue weighted by atomic mass is 35.5. The highest BCUT2D eigenvalue weighted by molar-refractivity contribution is 6.30. The van der Waals surface area contributed by atoms with E-state index in [4.69, 9.17) is 11.6 Å². The topological polar surface area (TPSA) is 22.0 Å². The fourth-order valence-electron chi connectivity index (χ4n) is 1.55. The van der Waals surface area contributed by atoms with Crippen LogP contribution in [0.5, 0.6) is 0 Å². The number of ketones is 1. The quantitative estimate of drug-likeness (QED) is 0.745. The van der Waals surface area contributed by atoms with Gasteiger partial charge >= 0.3 is 0 Å². The molecule has 0 radical (unpaired) electrons. The number of hydrogen-bond donors (Lipinski definition) is 0. The summed E-state index contributed by atoms with van der Waals surface area (Å²) in [5.41, 5.74) is 1.91. The first-order chi connectivity index (χ1) is 7.65. The normalized spacial score (nSPS) is 10.4. The zero-order chi connectivity index (χ0) is 11.5. The van der Waals surface area contributed by atoms with Gasteiger partial charge in [-0.2, -0.15) is 0 Å².